The summed E-state index contributed by atoms with van der Waals surface area (Å²) < 4.78 is 19.7. The highest BCUT2D eigenvalue weighted by Crippen LogP contribution is 2.23. The van der Waals surface area contributed by atoms with Crippen molar-refractivity contribution in [2.75, 3.05) is 26.0 Å². The molecule has 0 saturated carbocycles. The van der Waals surface area contributed by atoms with E-state index in [1.807, 2.05) is 0 Å². The molecule has 0 spiro atoms. The number of carbonyl (C=O) groups is 1. The van der Waals surface area contributed by atoms with Gasteiger partial charge in [-0.25, -0.2) is 9.37 Å². The smallest absolute Gasteiger partial charge is 0.242 e. The van der Waals surface area contributed by atoms with Crippen LogP contribution in [0.5, 0.6) is 0 Å². The molecule has 0 bridgehead atoms. The minimum absolute atomic E-state index is 0.181. The summed E-state index contributed by atoms with van der Waals surface area (Å²) in [5, 5.41) is 2.72. The molecule has 1 heterocycles. The molecule has 0 saturated heterocycles. The first-order valence-electron chi connectivity index (χ1n) is 6.24. The first kappa shape index (κ1) is 14.3. The highest BCUT2D eigenvalue weighted by atomic mass is 19.1. The normalized spacial score (nSPS) is 12.6. The second-order valence-corrected chi connectivity index (χ2v) is 4.43. The van der Waals surface area contributed by atoms with Crippen LogP contribution in [0.1, 0.15) is 13.0 Å². The van der Waals surface area contributed by atoms with Gasteiger partial charge >= 0.3 is 0 Å². The van der Waals surface area contributed by atoms with Crippen molar-refractivity contribution in [2.45, 2.75) is 13.0 Å². The van der Waals surface area contributed by atoms with E-state index in [2.05, 4.69) is 10.3 Å². The molecule has 0 fully saturated rings. The molecular formula is C13H17FN4O2. The minimum Gasteiger partial charge on any atom is -0.383 e. The summed E-state index contributed by atoms with van der Waals surface area (Å²) in [6, 6.07) is 3.58. The van der Waals surface area contributed by atoms with Crippen LogP contribution < -0.4 is 11.1 Å². The van der Waals surface area contributed by atoms with Crippen molar-refractivity contribution < 1.29 is 13.9 Å². The summed E-state index contributed by atoms with van der Waals surface area (Å²) >= 11 is 0. The summed E-state index contributed by atoms with van der Waals surface area (Å²) in [7, 11) is 1.56. The van der Waals surface area contributed by atoms with Crippen LogP contribution in [0.15, 0.2) is 18.2 Å². The maximum Gasteiger partial charge on any atom is 0.242 e. The number of imidazole rings is 1. The number of hydrogen-bond donors (Lipinski definition) is 2. The number of nitrogen functional groups attached to an aromatic ring is 1. The lowest BCUT2D eigenvalue weighted by Gasteiger charge is -2.15. The molecule has 3 N–H and O–H groups in total. The molecule has 108 valence electrons. The molecule has 1 atom stereocenters. The third-order valence-electron chi connectivity index (χ3n) is 3.05. The van der Waals surface area contributed by atoms with Gasteiger partial charge in [0.2, 0.25) is 11.9 Å². The lowest BCUT2D eigenvalue weighted by molar-refractivity contribution is -0.123. The number of ether oxygens (including phenoxy) is 1. The van der Waals surface area contributed by atoms with Crippen molar-refractivity contribution in [1.29, 1.82) is 0 Å². The van der Waals surface area contributed by atoms with E-state index in [0.717, 1.165) is 0 Å². The van der Waals surface area contributed by atoms with Gasteiger partial charge in [0.05, 0.1) is 17.6 Å². The Balaban J connectivity index is 2.29. The number of halogens is 1. The summed E-state index contributed by atoms with van der Waals surface area (Å²) in [5.74, 6) is -0.442. The zero-order valence-electron chi connectivity index (χ0n) is 11.4. The Bertz CT molecular complexity index is 626. The second kappa shape index (κ2) is 5.87. The number of nitrogens with one attached hydrogen (secondary N) is 1. The summed E-state index contributed by atoms with van der Waals surface area (Å²) in [4.78, 5) is 16.2. The molecule has 1 unspecified atom stereocenters. The van der Waals surface area contributed by atoms with E-state index in [-0.39, 0.29) is 11.9 Å². The van der Waals surface area contributed by atoms with Gasteiger partial charge in [-0.2, -0.15) is 0 Å². The number of amides is 1. The van der Waals surface area contributed by atoms with Gasteiger partial charge in [0.1, 0.15) is 11.9 Å². The van der Waals surface area contributed by atoms with Crippen molar-refractivity contribution in [3.8, 4) is 0 Å². The molecule has 20 heavy (non-hydrogen) atoms. The van der Waals surface area contributed by atoms with Gasteiger partial charge in [-0.1, -0.05) is 0 Å². The van der Waals surface area contributed by atoms with Crippen molar-refractivity contribution in [1.82, 2.24) is 14.9 Å². The quantitative estimate of drug-likeness (QED) is 0.803. The Morgan fingerprint density at radius 3 is 3.05 bits per heavy atom. The molecule has 0 radical (unpaired) electrons. The topological polar surface area (TPSA) is 82.2 Å². The Labute approximate surface area is 115 Å². The minimum atomic E-state index is -0.585. The highest BCUT2D eigenvalue weighted by molar-refractivity contribution is 5.85. The van der Waals surface area contributed by atoms with Gasteiger partial charge in [-0.15, -0.1) is 0 Å². The van der Waals surface area contributed by atoms with Crippen LogP contribution >= 0.6 is 0 Å². The third-order valence-corrected chi connectivity index (χ3v) is 3.05. The number of hydrogen-bond acceptors (Lipinski definition) is 4. The Hall–Kier alpha value is -2.15. The summed E-state index contributed by atoms with van der Waals surface area (Å²) in [6.07, 6.45) is 0. The van der Waals surface area contributed by atoms with Gasteiger partial charge < -0.3 is 15.8 Å². The zero-order valence-corrected chi connectivity index (χ0v) is 11.4. The van der Waals surface area contributed by atoms with Gasteiger partial charge in [0, 0.05) is 13.7 Å². The average molecular weight is 280 g/mol. The van der Waals surface area contributed by atoms with Gasteiger partial charge in [0.15, 0.2) is 0 Å². The number of anilines is 1. The van der Waals surface area contributed by atoms with Crippen molar-refractivity contribution >= 4 is 22.9 Å². The van der Waals surface area contributed by atoms with Crippen LogP contribution in [0.4, 0.5) is 10.3 Å². The first-order valence-corrected chi connectivity index (χ1v) is 6.24. The van der Waals surface area contributed by atoms with Crippen LogP contribution in [0.2, 0.25) is 0 Å². The van der Waals surface area contributed by atoms with E-state index in [0.29, 0.717) is 24.2 Å². The molecule has 0 aliphatic carbocycles. The average Bonchev–Trinajstić information content (AvgIpc) is 2.73. The fourth-order valence-corrected chi connectivity index (χ4v) is 2.03. The highest BCUT2D eigenvalue weighted by Gasteiger charge is 2.20. The second-order valence-electron chi connectivity index (χ2n) is 4.43. The molecule has 1 aromatic heterocycles. The lowest BCUT2D eigenvalue weighted by Crippen LogP contribution is -2.33. The molecule has 6 nitrogen and oxygen atoms in total. The SMILES string of the molecule is COCCNC(=O)C(C)n1c(N)nc2ccc(F)cc21. The van der Waals surface area contributed by atoms with Crippen LogP contribution in [0.25, 0.3) is 11.0 Å². The fraction of sp³-hybridized carbons (Fsp3) is 0.385. The molecule has 2 aromatic rings. The Morgan fingerprint density at radius 1 is 1.60 bits per heavy atom. The number of methoxy groups -OCH3 is 1. The zero-order chi connectivity index (χ0) is 14.7. The van der Waals surface area contributed by atoms with Crippen LogP contribution in [-0.2, 0) is 9.53 Å². The van der Waals surface area contributed by atoms with Crippen LogP contribution in [0, 0.1) is 5.82 Å². The lowest BCUT2D eigenvalue weighted by atomic mass is 10.2. The van der Waals surface area contributed by atoms with Gasteiger partial charge in [-0.3, -0.25) is 9.36 Å². The molecule has 0 aliphatic heterocycles. The van der Waals surface area contributed by atoms with E-state index < -0.39 is 11.9 Å². The number of carbonyl (C=O) groups excluding carboxylic acids is 1. The number of rotatable bonds is 5. The standard InChI is InChI=1S/C13H17FN4O2/c1-8(12(19)16-5-6-20-2)18-11-7-9(14)3-4-10(11)17-13(18)15/h3-4,7-8H,5-6H2,1-2H3,(H2,15,17)(H,16,19). The Kier molecular flexibility index (Phi) is 4.19. The number of fused-ring (bicyclic) bond motifs is 1. The van der Waals surface area contributed by atoms with E-state index in [1.165, 1.54) is 22.8 Å². The van der Waals surface area contributed by atoms with Crippen LogP contribution in [-0.4, -0.2) is 35.7 Å². The molecule has 7 heteroatoms. The third kappa shape index (κ3) is 2.72. The molecular weight excluding hydrogens is 263 g/mol. The van der Waals surface area contributed by atoms with E-state index >= 15 is 0 Å². The molecule has 0 aliphatic rings. The molecule has 2 rings (SSSR count). The number of benzene rings is 1. The first-order chi connectivity index (χ1) is 9.54. The van der Waals surface area contributed by atoms with Crippen LogP contribution in [0.3, 0.4) is 0 Å². The van der Waals surface area contributed by atoms with Crippen molar-refractivity contribution in [3.05, 3.63) is 24.0 Å². The predicted molar refractivity (Wildman–Crippen MR) is 73.7 cm³/mol. The maximum absolute atomic E-state index is 13.3. The van der Waals surface area contributed by atoms with Gasteiger partial charge in [0.25, 0.3) is 0 Å². The van der Waals surface area contributed by atoms with Crippen molar-refractivity contribution in [2.24, 2.45) is 0 Å². The molecule has 1 aromatic carbocycles. The number of nitrogens with two attached hydrogens (primary N) is 1. The van der Waals surface area contributed by atoms with E-state index in [4.69, 9.17) is 10.5 Å². The number of aromatic nitrogens is 2. The largest absolute Gasteiger partial charge is 0.383 e. The van der Waals surface area contributed by atoms with Gasteiger partial charge in [-0.05, 0) is 25.1 Å². The Morgan fingerprint density at radius 2 is 2.35 bits per heavy atom. The summed E-state index contributed by atoms with van der Waals surface area (Å²) in [5.41, 5.74) is 6.87. The predicted octanol–water partition coefficient (Wildman–Crippen LogP) is 1.08. The van der Waals surface area contributed by atoms with E-state index in [1.54, 1.807) is 14.0 Å². The molecule has 1 amide bonds. The maximum atomic E-state index is 13.3. The fourth-order valence-electron chi connectivity index (χ4n) is 2.03. The number of nitrogens with zero attached hydrogens (tertiary/aromatic N) is 2. The van der Waals surface area contributed by atoms with Crippen molar-refractivity contribution in [3.63, 3.8) is 0 Å². The summed E-state index contributed by atoms with van der Waals surface area (Å²) in [6.45, 7) is 2.51. The van der Waals surface area contributed by atoms with E-state index in [9.17, 15) is 9.18 Å². The monoisotopic (exact) mass is 280 g/mol.